The number of nitrogens with two attached hydrogens (primary N) is 1. The summed E-state index contributed by atoms with van der Waals surface area (Å²) in [6, 6.07) is 3.83. The van der Waals surface area contributed by atoms with Crippen molar-refractivity contribution in [1.82, 2.24) is 9.88 Å². The molecule has 0 saturated heterocycles. The molecule has 0 spiro atoms. The van der Waals surface area contributed by atoms with E-state index in [0.29, 0.717) is 37.9 Å². The summed E-state index contributed by atoms with van der Waals surface area (Å²) in [5, 5.41) is 0.904. The number of aromatic nitrogens is 1. The van der Waals surface area contributed by atoms with Crippen LogP contribution in [0.4, 0.5) is 0 Å². The molecule has 0 aliphatic heterocycles. The van der Waals surface area contributed by atoms with Crippen LogP contribution in [0.25, 0.3) is 10.2 Å². The van der Waals surface area contributed by atoms with Gasteiger partial charge in [-0.25, -0.2) is 4.98 Å². The molecule has 2 aromatic rings. The van der Waals surface area contributed by atoms with Crippen molar-refractivity contribution in [2.45, 2.75) is 6.54 Å². The third-order valence-electron chi connectivity index (χ3n) is 3.06. The lowest BCUT2D eigenvalue weighted by Gasteiger charge is -2.12. The Hall–Kier alpha value is -1.12. The van der Waals surface area contributed by atoms with E-state index >= 15 is 0 Å². The normalized spacial score (nSPS) is 10.8. The fourth-order valence-electron chi connectivity index (χ4n) is 1.90. The highest BCUT2D eigenvalue weighted by molar-refractivity contribution is 7.18. The molecule has 0 aliphatic carbocycles. The molecule has 0 bridgehead atoms. The van der Waals surface area contributed by atoms with E-state index in [-0.39, 0.29) is 12.4 Å². The third kappa shape index (κ3) is 5.78. The first kappa shape index (κ1) is 19.9. The van der Waals surface area contributed by atoms with Gasteiger partial charge in [0.2, 0.25) is 0 Å². The maximum absolute atomic E-state index is 5.76. The Kier molecular flexibility index (Phi) is 8.57. The predicted octanol–water partition coefficient (Wildman–Crippen LogP) is 2.14. The second kappa shape index (κ2) is 9.89. The van der Waals surface area contributed by atoms with E-state index in [1.807, 2.05) is 26.2 Å². The van der Waals surface area contributed by atoms with Gasteiger partial charge in [-0.2, -0.15) is 0 Å². The zero-order valence-corrected chi connectivity index (χ0v) is 15.3. The highest BCUT2D eigenvalue weighted by Crippen LogP contribution is 2.34. The van der Waals surface area contributed by atoms with Gasteiger partial charge in [-0.15, -0.1) is 23.7 Å². The molecule has 1 aromatic carbocycles. The zero-order chi connectivity index (χ0) is 15.9. The number of methoxy groups -OCH3 is 1. The average Bonchev–Trinajstić information content (AvgIpc) is 2.91. The van der Waals surface area contributed by atoms with E-state index in [4.69, 9.17) is 19.9 Å². The van der Waals surface area contributed by atoms with Crippen LogP contribution in [0.1, 0.15) is 5.01 Å². The van der Waals surface area contributed by atoms with Crippen molar-refractivity contribution < 1.29 is 14.2 Å². The Morgan fingerprint density at radius 3 is 2.61 bits per heavy atom. The fourth-order valence-corrected chi connectivity index (χ4v) is 2.76. The van der Waals surface area contributed by atoms with Crippen LogP contribution >= 0.6 is 23.7 Å². The van der Waals surface area contributed by atoms with E-state index in [1.54, 1.807) is 18.4 Å². The Labute approximate surface area is 146 Å². The standard InChI is InChI=1S/C15H23N3O3S.ClH/c1-18(2)4-5-20-6-7-21-13-8-11-14(9-12(13)19-3)22-15(10-16)17-11;/h8-9H,4-7,10,16H2,1-3H3;1H. The SMILES string of the molecule is COc1cc2sc(CN)nc2cc1OCCOCCN(C)C.Cl. The molecule has 1 heterocycles. The number of rotatable bonds is 9. The van der Waals surface area contributed by atoms with Crippen molar-refractivity contribution in [2.24, 2.45) is 5.73 Å². The van der Waals surface area contributed by atoms with E-state index < -0.39 is 0 Å². The Morgan fingerprint density at radius 1 is 1.17 bits per heavy atom. The van der Waals surface area contributed by atoms with Gasteiger partial charge < -0.3 is 24.8 Å². The lowest BCUT2D eigenvalue weighted by molar-refractivity contribution is 0.0881. The van der Waals surface area contributed by atoms with Gasteiger partial charge >= 0.3 is 0 Å². The predicted molar refractivity (Wildman–Crippen MR) is 96.2 cm³/mol. The van der Waals surface area contributed by atoms with Gasteiger partial charge in [0.1, 0.15) is 11.6 Å². The maximum atomic E-state index is 5.76. The third-order valence-corrected chi connectivity index (χ3v) is 4.10. The number of benzene rings is 1. The van der Waals surface area contributed by atoms with Crippen molar-refractivity contribution in [3.05, 3.63) is 17.1 Å². The average molecular weight is 362 g/mol. The van der Waals surface area contributed by atoms with Crippen LogP contribution < -0.4 is 15.2 Å². The first-order chi connectivity index (χ1) is 10.6. The van der Waals surface area contributed by atoms with Gasteiger partial charge in [0.05, 0.1) is 30.5 Å². The summed E-state index contributed by atoms with van der Waals surface area (Å²) in [6.45, 7) is 3.05. The van der Waals surface area contributed by atoms with Crippen LogP contribution in [-0.2, 0) is 11.3 Å². The molecule has 0 unspecified atom stereocenters. The Morgan fingerprint density at radius 2 is 1.96 bits per heavy atom. The number of ether oxygens (including phenoxy) is 3. The van der Waals surface area contributed by atoms with Gasteiger partial charge in [-0.3, -0.25) is 0 Å². The number of thiazole rings is 1. The molecule has 0 atom stereocenters. The number of hydrogen-bond donors (Lipinski definition) is 1. The lowest BCUT2D eigenvalue weighted by atomic mass is 10.3. The topological polar surface area (TPSA) is 69.8 Å². The summed E-state index contributed by atoms with van der Waals surface area (Å²) in [7, 11) is 5.67. The molecule has 130 valence electrons. The summed E-state index contributed by atoms with van der Waals surface area (Å²) >= 11 is 1.57. The van der Waals surface area contributed by atoms with Crippen molar-refractivity contribution in [3.63, 3.8) is 0 Å². The molecule has 0 aliphatic rings. The monoisotopic (exact) mass is 361 g/mol. The molecular weight excluding hydrogens is 338 g/mol. The van der Waals surface area contributed by atoms with Crippen molar-refractivity contribution >= 4 is 34.0 Å². The van der Waals surface area contributed by atoms with E-state index in [1.165, 1.54) is 0 Å². The molecule has 8 heteroatoms. The largest absolute Gasteiger partial charge is 0.493 e. The molecule has 0 saturated carbocycles. The molecule has 6 nitrogen and oxygen atoms in total. The molecule has 23 heavy (non-hydrogen) atoms. The Balaban J connectivity index is 0.00000264. The smallest absolute Gasteiger partial charge is 0.163 e. The fraction of sp³-hybridized carbons (Fsp3) is 0.533. The first-order valence-electron chi connectivity index (χ1n) is 7.17. The molecule has 2 rings (SSSR count). The summed E-state index contributed by atoms with van der Waals surface area (Å²) in [5.74, 6) is 1.38. The number of halogens is 1. The molecule has 1 aromatic heterocycles. The molecular formula is C15H24ClN3O3S. The van der Waals surface area contributed by atoms with Crippen molar-refractivity contribution in [3.8, 4) is 11.5 Å². The van der Waals surface area contributed by atoms with E-state index in [9.17, 15) is 0 Å². The lowest BCUT2D eigenvalue weighted by Crippen LogP contribution is -2.19. The summed E-state index contributed by atoms with van der Waals surface area (Å²) in [6.07, 6.45) is 0. The van der Waals surface area contributed by atoms with Crippen LogP contribution in [-0.4, -0.2) is 57.5 Å². The number of likely N-dealkylation sites (N-methyl/N-ethyl adjacent to an activating group) is 1. The highest BCUT2D eigenvalue weighted by Gasteiger charge is 2.10. The minimum Gasteiger partial charge on any atom is -0.493 e. The van der Waals surface area contributed by atoms with E-state index in [2.05, 4.69) is 9.88 Å². The molecule has 0 radical (unpaired) electrons. The summed E-state index contributed by atoms with van der Waals surface area (Å²) in [4.78, 5) is 6.54. The van der Waals surface area contributed by atoms with Crippen LogP contribution in [0.5, 0.6) is 11.5 Å². The second-order valence-electron chi connectivity index (χ2n) is 5.05. The number of fused-ring (bicyclic) bond motifs is 1. The zero-order valence-electron chi connectivity index (χ0n) is 13.7. The summed E-state index contributed by atoms with van der Waals surface area (Å²) in [5.41, 5.74) is 6.52. The van der Waals surface area contributed by atoms with Gasteiger partial charge in [0.25, 0.3) is 0 Å². The molecule has 0 fully saturated rings. The highest BCUT2D eigenvalue weighted by atomic mass is 35.5. The van der Waals surface area contributed by atoms with Crippen LogP contribution in [0.3, 0.4) is 0 Å². The molecule has 2 N–H and O–H groups in total. The minimum atomic E-state index is 0. The van der Waals surface area contributed by atoms with Crippen LogP contribution in [0, 0.1) is 0 Å². The Bertz CT molecular complexity index is 607. The van der Waals surface area contributed by atoms with Gasteiger partial charge in [-0.05, 0) is 14.1 Å². The summed E-state index contributed by atoms with van der Waals surface area (Å²) < 4.78 is 17.7. The van der Waals surface area contributed by atoms with E-state index in [0.717, 1.165) is 21.8 Å². The van der Waals surface area contributed by atoms with Gasteiger partial charge in [0.15, 0.2) is 11.5 Å². The number of hydrogen-bond acceptors (Lipinski definition) is 7. The van der Waals surface area contributed by atoms with Gasteiger partial charge in [-0.1, -0.05) is 0 Å². The van der Waals surface area contributed by atoms with Gasteiger partial charge in [0, 0.05) is 25.2 Å². The van der Waals surface area contributed by atoms with Crippen LogP contribution in [0.15, 0.2) is 12.1 Å². The van der Waals surface area contributed by atoms with Crippen molar-refractivity contribution in [1.29, 1.82) is 0 Å². The quantitative estimate of drug-likeness (QED) is 0.690. The minimum absolute atomic E-state index is 0. The first-order valence-corrected chi connectivity index (χ1v) is 7.98. The number of nitrogens with zero attached hydrogens (tertiary/aromatic N) is 2. The van der Waals surface area contributed by atoms with Crippen LogP contribution in [0.2, 0.25) is 0 Å². The van der Waals surface area contributed by atoms with Crippen molar-refractivity contribution in [2.75, 3.05) is 47.6 Å². The molecule has 0 amide bonds. The maximum Gasteiger partial charge on any atom is 0.163 e. The second-order valence-corrected chi connectivity index (χ2v) is 6.16.